The summed E-state index contributed by atoms with van der Waals surface area (Å²) in [5.74, 6) is -0.457. The van der Waals surface area contributed by atoms with Crippen LogP contribution in [0.3, 0.4) is 0 Å². The minimum atomic E-state index is -0.964. The van der Waals surface area contributed by atoms with Crippen molar-refractivity contribution in [3.8, 4) is 5.75 Å². The van der Waals surface area contributed by atoms with Gasteiger partial charge in [0.15, 0.2) is 0 Å². The molecule has 0 bridgehead atoms. The predicted octanol–water partition coefficient (Wildman–Crippen LogP) is 2.96. The van der Waals surface area contributed by atoms with Crippen LogP contribution < -0.4 is 10.1 Å². The van der Waals surface area contributed by atoms with Crippen molar-refractivity contribution in [1.29, 1.82) is 0 Å². The van der Waals surface area contributed by atoms with E-state index in [1.54, 1.807) is 24.3 Å². The second-order valence-corrected chi connectivity index (χ2v) is 5.38. The van der Waals surface area contributed by atoms with E-state index in [4.69, 9.17) is 9.84 Å². The van der Waals surface area contributed by atoms with Gasteiger partial charge in [-0.3, -0.25) is 9.59 Å². The summed E-state index contributed by atoms with van der Waals surface area (Å²) in [6.45, 7) is 2.46. The lowest BCUT2D eigenvalue weighted by Crippen LogP contribution is -2.31. The van der Waals surface area contributed by atoms with Crippen LogP contribution in [0, 0.1) is 0 Å². The molecule has 1 atom stereocenters. The normalized spacial score (nSPS) is 11.5. The van der Waals surface area contributed by atoms with Crippen LogP contribution in [-0.2, 0) is 16.0 Å². The van der Waals surface area contributed by atoms with Gasteiger partial charge in [-0.15, -0.1) is 0 Å². The SMILES string of the molecule is CCOc1ccc([C@@H](CC(=O)O)NC(=O)Cc2ccccc2)cc1. The molecule has 0 unspecified atom stereocenters. The lowest BCUT2D eigenvalue weighted by molar-refractivity contribution is -0.137. The third-order valence-corrected chi connectivity index (χ3v) is 3.51. The third-order valence-electron chi connectivity index (χ3n) is 3.51. The van der Waals surface area contributed by atoms with Gasteiger partial charge in [0, 0.05) is 0 Å². The summed E-state index contributed by atoms with van der Waals surface area (Å²) in [5, 5.41) is 11.9. The summed E-state index contributed by atoms with van der Waals surface area (Å²) in [4.78, 5) is 23.3. The van der Waals surface area contributed by atoms with Crippen molar-refractivity contribution in [2.24, 2.45) is 0 Å². The summed E-state index contributed by atoms with van der Waals surface area (Å²) in [6.07, 6.45) is 0.0441. The van der Waals surface area contributed by atoms with E-state index in [1.807, 2.05) is 37.3 Å². The van der Waals surface area contributed by atoms with Crippen molar-refractivity contribution >= 4 is 11.9 Å². The highest BCUT2D eigenvalue weighted by Gasteiger charge is 2.18. The molecule has 1 amide bonds. The van der Waals surface area contributed by atoms with Crippen LogP contribution in [0.5, 0.6) is 5.75 Å². The number of carboxylic acids is 1. The highest BCUT2D eigenvalue weighted by molar-refractivity contribution is 5.80. The summed E-state index contributed by atoms with van der Waals surface area (Å²) in [7, 11) is 0. The van der Waals surface area contributed by atoms with Crippen LogP contribution in [0.2, 0.25) is 0 Å². The minimum Gasteiger partial charge on any atom is -0.494 e. The summed E-state index contributed by atoms with van der Waals surface area (Å²) in [5.41, 5.74) is 1.62. The van der Waals surface area contributed by atoms with E-state index in [9.17, 15) is 9.59 Å². The van der Waals surface area contributed by atoms with Gasteiger partial charge in [-0.2, -0.15) is 0 Å². The number of carbonyl (C=O) groups excluding carboxylic acids is 1. The fourth-order valence-electron chi connectivity index (χ4n) is 2.42. The molecule has 0 saturated carbocycles. The number of hydrogen-bond donors (Lipinski definition) is 2. The van der Waals surface area contributed by atoms with Gasteiger partial charge >= 0.3 is 5.97 Å². The lowest BCUT2D eigenvalue weighted by atomic mass is 10.0. The van der Waals surface area contributed by atoms with Gasteiger partial charge in [-0.25, -0.2) is 0 Å². The molecule has 0 saturated heterocycles. The Labute approximate surface area is 141 Å². The fourth-order valence-corrected chi connectivity index (χ4v) is 2.42. The van der Waals surface area contributed by atoms with Gasteiger partial charge < -0.3 is 15.2 Å². The second kappa shape index (κ2) is 8.72. The van der Waals surface area contributed by atoms with Gasteiger partial charge in [0.25, 0.3) is 0 Å². The summed E-state index contributed by atoms with van der Waals surface area (Å²) in [6, 6.07) is 15.9. The molecule has 0 radical (unpaired) electrons. The van der Waals surface area contributed by atoms with Crippen molar-refractivity contribution < 1.29 is 19.4 Å². The van der Waals surface area contributed by atoms with Gasteiger partial charge in [0.05, 0.1) is 25.5 Å². The Balaban J connectivity index is 2.07. The average molecular weight is 327 g/mol. The molecule has 2 aromatic carbocycles. The Bertz CT molecular complexity index is 668. The van der Waals surface area contributed by atoms with Crippen LogP contribution in [0.25, 0.3) is 0 Å². The maximum atomic E-state index is 12.2. The van der Waals surface area contributed by atoms with Gasteiger partial charge in [0.1, 0.15) is 5.75 Å². The lowest BCUT2D eigenvalue weighted by Gasteiger charge is -2.18. The molecule has 2 N–H and O–H groups in total. The number of rotatable bonds is 8. The van der Waals surface area contributed by atoms with Crippen LogP contribution in [0.15, 0.2) is 54.6 Å². The topological polar surface area (TPSA) is 75.6 Å². The highest BCUT2D eigenvalue weighted by atomic mass is 16.5. The number of nitrogens with one attached hydrogen (secondary N) is 1. The van der Waals surface area contributed by atoms with Crippen molar-refractivity contribution in [2.45, 2.75) is 25.8 Å². The molecule has 24 heavy (non-hydrogen) atoms. The molecular weight excluding hydrogens is 306 g/mol. The zero-order valence-corrected chi connectivity index (χ0v) is 13.6. The Hall–Kier alpha value is -2.82. The predicted molar refractivity (Wildman–Crippen MR) is 90.9 cm³/mol. The van der Waals surface area contributed by atoms with Crippen LogP contribution >= 0.6 is 0 Å². The smallest absolute Gasteiger partial charge is 0.305 e. The van der Waals surface area contributed by atoms with Crippen LogP contribution in [-0.4, -0.2) is 23.6 Å². The van der Waals surface area contributed by atoms with E-state index in [1.165, 1.54) is 0 Å². The number of aliphatic carboxylic acids is 1. The Kier molecular flexibility index (Phi) is 6.37. The van der Waals surface area contributed by atoms with Crippen molar-refractivity contribution in [2.75, 3.05) is 6.61 Å². The maximum absolute atomic E-state index is 12.2. The average Bonchev–Trinajstić information content (AvgIpc) is 2.56. The Morgan fingerprint density at radius 3 is 2.33 bits per heavy atom. The van der Waals surface area contributed by atoms with Crippen molar-refractivity contribution in [3.05, 3.63) is 65.7 Å². The van der Waals surface area contributed by atoms with E-state index in [0.29, 0.717) is 12.4 Å². The largest absolute Gasteiger partial charge is 0.494 e. The molecule has 2 aromatic rings. The Morgan fingerprint density at radius 1 is 1.08 bits per heavy atom. The standard InChI is InChI=1S/C19H21NO4/c1-2-24-16-10-8-15(9-11-16)17(13-19(22)23)20-18(21)12-14-6-4-3-5-7-14/h3-11,17H,2,12-13H2,1H3,(H,20,21)(H,22,23)/t17-/m1/s1. The number of carboxylic acid groups (broad SMARTS) is 1. The molecule has 0 spiro atoms. The molecular formula is C19H21NO4. The van der Waals surface area contributed by atoms with E-state index in [2.05, 4.69) is 5.32 Å². The van der Waals surface area contributed by atoms with Crippen LogP contribution in [0.4, 0.5) is 0 Å². The van der Waals surface area contributed by atoms with E-state index in [-0.39, 0.29) is 18.7 Å². The monoisotopic (exact) mass is 327 g/mol. The van der Waals surface area contributed by atoms with Crippen LogP contribution in [0.1, 0.15) is 30.5 Å². The molecule has 5 heteroatoms. The molecule has 0 aliphatic rings. The number of amides is 1. The first-order valence-electron chi connectivity index (χ1n) is 7.86. The molecule has 2 rings (SSSR count). The Morgan fingerprint density at radius 2 is 1.75 bits per heavy atom. The number of benzene rings is 2. The first-order chi connectivity index (χ1) is 11.6. The zero-order chi connectivity index (χ0) is 17.4. The van der Waals surface area contributed by atoms with Crippen molar-refractivity contribution in [3.63, 3.8) is 0 Å². The van der Waals surface area contributed by atoms with Gasteiger partial charge in [-0.1, -0.05) is 42.5 Å². The first kappa shape index (κ1) is 17.5. The maximum Gasteiger partial charge on any atom is 0.305 e. The molecule has 0 heterocycles. The number of hydrogen-bond acceptors (Lipinski definition) is 3. The quantitative estimate of drug-likeness (QED) is 0.781. The van der Waals surface area contributed by atoms with Gasteiger partial charge in [0.2, 0.25) is 5.91 Å². The number of carbonyl (C=O) groups is 2. The zero-order valence-electron chi connectivity index (χ0n) is 13.6. The fraction of sp³-hybridized carbons (Fsp3) is 0.263. The number of ether oxygens (including phenoxy) is 1. The molecule has 0 aliphatic heterocycles. The molecule has 5 nitrogen and oxygen atoms in total. The summed E-state index contributed by atoms with van der Waals surface area (Å²) >= 11 is 0. The van der Waals surface area contributed by atoms with E-state index >= 15 is 0 Å². The molecule has 126 valence electrons. The van der Waals surface area contributed by atoms with E-state index in [0.717, 1.165) is 11.1 Å². The van der Waals surface area contributed by atoms with Gasteiger partial charge in [-0.05, 0) is 30.2 Å². The van der Waals surface area contributed by atoms with E-state index < -0.39 is 12.0 Å². The molecule has 0 aliphatic carbocycles. The second-order valence-electron chi connectivity index (χ2n) is 5.38. The molecule has 0 aromatic heterocycles. The molecule has 0 fully saturated rings. The first-order valence-corrected chi connectivity index (χ1v) is 7.86. The van der Waals surface area contributed by atoms with Crippen molar-refractivity contribution in [1.82, 2.24) is 5.32 Å². The minimum absolute atomic E-state index is 0.172. The highest BCUT2D eigenvalue weighted by Crippen LogP contribution is 2.21. The summed E-state index contributed by atoms with van der Waals surface area (Å²) < 4.78 is 5.38. The third kappa shape index (κ3) is 5.43.